The summed E-state index contributed by atoms with van der Waals surface area (Å²) in [5.74, 6) is -2.57. The first-order chi connectivity index (χ1) is 11.3. The zero-order valence-electron chi connectivity index (χ0n) is 12.7. The van der Waals surface area contributed by atoms with E-state index in [1.54, 1.807) is 30.3 Å². The van der Waals surface area contributed by atoms with Crippen molar-refractivity contribution in [3.8, 4) is 0 Å². The van der Waals surface area contributed by atoms with E-state index in [1.165, 1.54) is 0 Å². The maximum Gasteiger partial charge on any atom is 0.326 e. The highest BCUT2D eigenvalue weighted by Crippen LogP contribution is 2.08. The first kappa shape index (κ1) is 20.0. The number of aliphatic hydroxyl groups excluding tert-OH is 5. The lowest BCUT2D eigenvalue weighted by Gasteiger charge is -2.26. The van der Waals surface area contributed by atoms with Crippen LogP contribution in [0.5, 0.6) is 0 Å². The van der Waals surface area contributed by atoms with Crippen LogP contribution in [0.1, 0.15) is 5.56 Å². The predicted molar refractivity (Wildman–Crippen MR) is 80.8 cm³/mol. The number of hydrogen-bond acceptors (Lipinski definition) is 7. The average Bonchev–Trinajstić information content (AvgIpc) is 2.59. The van der Waals surface area contributed by atoms with E-state index >= 15 is 0 Å². The van der Waals surface area contributed by atoms with E-state index in [1.807, 2.05) is 0 Å². The summed E-state index contributed by atoms with van der Waals surface area (Å²) < 4.78 is 0. The van der Waals surface area contributed by atoms with Gasteiger partial charge in [0.15, 0.2) is 6.10 Å². The summed E-state index contributed by atoms with van der Waals surface area (Å²) in [6, 6.07) is 7.10. The standard InChI is InChI=1S/C15H21NO8/c17-7-10(18)11(19)12(20)13(21)14(22)16-9(15(23)24)6-8-4-2-1-3-5-8/h1-5,9-13,17-21H,6-7H2,(H,16,22)(H,23,24)/t9-,10+,11+,12+,13+/m0/s1. The quantitative estimate of drug-likeness (QED) is 0.253. The number of amides is 1. The molecule has 0 aromatic heterocycles. The van der Waals surface area contributed by atoms with Gasteiger partial charge in [-0.15, -0.1) is 0 Å². The van der Waals surface area contributed by atoms with Crippen molar-refractivity contribution in [2.75, 3.05) is 6.61 Å². The SMILES string of the molecule is O=C(O)[C@H](Cc1ccccc1)NC(=O)[C@H](O)[C@H](O)[C@H](O)[C@H](O)CO. The highest BCUT2D eigenvalue weighted by Gasteiger charge is 2.35. The van der Waals surface area contributed by atoms with Gasteiger partial charge in [0, 0.05) is 6.42 Å². The van der Waals surface area contributed by atoms with Crippen LogP contribution in [-0.2, 0) is 16.0 Å². The van der Waals surface area contributed by atoms with Crippen molar-refractivity contribution < 1.29 is 40.2 Å². The van der Waals surface area contributed by atoms with Crippen LogP contribution < -0.4 is 5.32 Å². The molecule has 0 saturated heterocycles. The first-order valence-corrected chi connectivity index (χ1v) is 7.18. The third kappa shape index (κ3) is 5.55. The lowest BCUT2D eigenvalue weighted by molar-refractivity contribution is -0.152. The molecule has 5 atom stereocenters. The molecule has 0 aliphatic heterocycles. The van der Waals surface area contributed by atoms with Gasteiger partial charge in [-0.3, -0.25) is 4.79 Å². The Labute approximate surface area is 137 Å². The van der Waals surface area contributed by atoms with Gasteiger partial charge in [-0.2, -0.15) is 0 Å². The molecule has 0 aliphatic rings. The van der Waals surface area contributed by atoms with E-state index in [2.05, 4.69) is 5.32 Å². The highest BCUT2D eigenvalue weighted by molar-refractivity contribution is 5.86. The highest BCUT2D eigenvalue weighted by atomic mass is 16.4. The maximum atomic E-state index is 11.9. The maximum absolute atomic E-state index is 11.9. The number of carbonyl (C=O) groups is 2. The van der Waals surface area contributed by atoms with E-state index < -0.39 is 48.9 Å². The molecule has 0 aliphatic carbocycles. The summed E-state index contributed by atoms with van der Waals surface area (Å²) in [5.41, 5.74) is 0.635. The third-order valence-corrected chi connectivity index (χ3v) is 3.42. The molecule has 24 heavy (non-hydrogen) atoms. The molecule has 0 fully saturated rings. The second-order valence-corrected chi connectivity index (χ2v) is 5.27. The average molecular weight is 343 g/mol. The van der Waals surface area contributed by atoms with Crippen LogP contribution in [0.2, 0.25) is 0 Å². The fourth-order valence-electron chi connectivity index (χ4n) is 1.98. The van der Waals surface area contributed by atoms with Crippen LogP contribution in [0.15, 0.2) is 30.3 Å². The molecule has 0 spiro atoms. The number of carbonyl (C=O) groups excluding carboxylic acids is 1. The van der Waals surface area contributed by atoms with E-state index in [0.29, 0.717) is 5.56 Å². The Bertz CT molecular complexity index is 538. The van der Waals surface area contributed by atoms with Crippen molar-refractivity contribution in [3.63, 3.8) is 0 Å². The van der Waals surface area contributed by atoms with Crippen LogP contribution in [-0.4, -0.2) is 79.6 Å². The third-order valence-electron chi connectivity index (χ3n) is 3.42. The normalized spacial score (nSPS) is 17.4. The molecule has 0 saturated carbocycles. The molecule has 9 heteroatoms. The number of rotatable bonds is 9. The number of carboxylic acids is 1. The van der Waals surface area contributed by atoms with Crippen molar-refractivity contribution in [1.29, 1.82) is 0 Å². The Kier molecular flexibility index (Phi) is 7.75. The predicted octanol–water partition coefficient (Wildman–Crippen LogP) is -2.77. The number of benzene rings is 1. The lowest BCUT2D eigenvalue weighted by Crippen LogP contribution is -2.54. The second kappa shape index (κ2) is 9.30. The molecule has 0 unspecified atom stereocenters. The number of aliphatic hydroxyl groups is 5. The fourth-order valence-corrected chi connectivity index (χ4v) is 1.98. The first-order valence-electron chi connectivity index (χ1n) is 7.18. The minimum absolute atomic E-state index is 0.0491. The minimum atomic E-state index is -2.18. The summed E-state index contributed by atoms with van der Waals surface area (Å²) >= 11 is 0. The molecule has 7 N–H and O–H groups in total. The van der Waals surface area contributed by atoms with Crippen molar-refractivity contribution in [2.24, 2.45) is 0 Å². The molecule has 1 aromatic carbocycles. The largest absolute Gasteiger partial charge is 0.480 e. The molecular weight excluding hydrogens is 322 g/mol. The Balaban J connectivity index is 2.72. The summed E-state index contributed by atoms with van der Waals surface area (Å²) in [7, 11) is 0. The zero-order valence-corrected chi connectivity index (χ0v) is 12.7. The number of carboxylic acid groups (broad SMARTS) is 1. The number of nitrogens with one attached hydrogen (secondary N) is 1. The van der Waals surface area contributed by atoms with Crippen molar-refractivity contribution >= 4 is 11.9 Å². The van der Waals surface area contributed by atoms with Crippen LogP contribution in [0, 0.1) is 0 Å². The van der Waals surface area contributed by atoms with Crippen molar-refractivity contribution in [2.45, 2.75) is 36.9 Å². The number of aliphatic carboxylic acids is 1. The van der Waals surface area contributed by atoms with Gasteiger partial charge in [-0.05, 0) is 5.56 Å². The van der Waals surface area contributed by atoms with Crippen LogP contribution >= 0.6 is 0 Å². The molecule has 1 amide bonds. The summed E-state index contributed by atoms with van der Waals surface area (Å²) in [4.78, 5) is 23.1. The Hall–Kier alpha value is -2.04. The van der Waals surface area contributed by atoms with Crippen LogP contribution in [0.3, 0.4) is 0 Å². The van der Waals surface area contributed by atoms with E-state index in [-0.39, 0.29) is 6.42 Å². The summed E-state index contributed by atoms with van der Waals surface area (Å²) in [6.45, 7) is -0.891. The lowest BCUT2D eigenvalue weighted by atomic mass is 10.0. The van der Waals surface area contributed by atoms with Crippen molar-refractivity contribution in [3.05, 3.63) is 35.9 Å². The van der Waals surface area contributed by atoms with Gasteiger partial charge in [0.05, 0.1) is 6.61 Å². The topological polar surface area (TPSA) is 168 Å². The van der Waals surface area contributed by atoms with Gasteiger partial charge < -0.3 is 36.0 Å². The minimum Gasteiger partial charge on any atom is -0.480 e. The van der Waals surface area contributed by atoms with Gasteiger partial charge in [0.25, 0.3) is 5.91 Å². The van der Waals surface area contributed by atoms with E-state index in [4.69, 9.17) is 10.2 Å². The fraction of sp³-hybridized carbons (Fsp3) is 0.467. The smallest absolute Gasteiger partial charge is 0.326 e. The van der Waals surface area contributed by atoms with Gasteiger partial charge in [-0.25, -0.2) is 4.79 Å². The van der Waals surface area contributed by atoms with E-state index in [0.717, 1.165) is 0 Å². The Morgan fingerprint density at radius 1 is 1.00 bits per heavy atom. The molecule has 134 valence electrons. The van der Waals surface area contributed by atoms with Crippen LogP contribution in [0.25, 0.3) is 0 Å². The van der Waals surface area contributed by atoms with Gasteiger partial charge in [-0.1, -0.05) is 30.3 Å². The van der Waals surface area contributed by atoms with Gasteiger partial charge >= 0.3 is 5.97 Å². The molecule has 0 radical (unpaired) electrons. The molecule has 0 bridgehead atoms. The molecular formula is C15H21NO8. The monoisotopic (exact) mass is 343 g/mol. The zero-order chi connectivity index (χ0) is 18.3. The molecule has 9 nitrogen and oxygen atoms in total. The van der Waals surface area contributed by atoms with Crippen LogP contribution in [0.4, 0.5) is 0 Å². The Morgan fingerprint density at radius 3 is 2.08 bits per heavy atom. The van der Waals surface area contributed by atoms with Gasteiger partial charge in [0.1, 0.15) is 24.4 Å². The van der Waals surface area contributed by atoms with E-state index in [9.17, 15) is 30.0 Å². The molecule has 1 rings (SSSR count). The second-order valence-electron chi connectivity index (χ2n) is 5.27. The summed E-state index contributed by atoms with van der Waals surface area (Å²) in [6.07, 6.45) is -8.07. The number of hydrogen-bond donors (Lipinski definition) is 7. The Morgan fingerprint density at radius 2 is 1.58 bits per heavy atom. The van der Waals surface area contributed by atoms with Crippen molar-refractivity contribution in [1.82, 2.24) is 5.32 Å². The summed E-state index contributed by atoms with van der Waals surface area (Å²) in [5, 5.41) is 57.9. The molecule has 1 aromatic rings. The van der Waals surface area contributed by atoms with Gasteiger partial charge in [0.2, 0.25) is 0 Å². The molecule has 0 heterocycles.